The lowest BCUT2D eigenvalue weighted by atomic mass is 9.85. The van der Waals surface area contributed by atoms with Crippen LogP contribution < -0.4 is 5.73 Å². The smallest absolute Gasteiger partial charge is 0.209 e. The van der Waals surface area contributed by atoms with Crippen LogP contribution in [0.3, 0.4) is 0 Å². The van der Waals surface area contributed by atoms with Crippen molar-refractivity contribution in [2.24, 2.45) is 16.6 Å². The lowest BCUT2D eigenvalue weighted by molar-refractivity contribution is -0.110. The highest BCUT2D eigenvalue weighted by Gasteiger charge is 2.69. The highest BCUT2D eigenvalue weighted by Crippen LogP contribution is 2.67. The molecule has 0 amide bonds. The molecular weight excluding hydrogens is 521 g/mol. The van der Waals surface area contributed by atoms with Crippen LogP contribution in [-0.4, -0.2) is 18.7 Å². The van der Waals surface area contributed by atoms with E-state index in [1.165, 1.54) is 54.4 Å². The van der Waals surface area contributed by atoms with E-state index >= 15 is 0 Å². The molecule has 1 saturated carbocycles. The SMILES string of the molecule is C[C@]1(c2cc(/C=C(/F)c3ccc(C#N)cn3)ccc2F)N=C(N)S[C@@]2(C(=O)I)C[C@H]21. The molecule has 3 atom stereocenters. The average molecular weight is 536 g/mol. The van der Waals surface area contributed by atoms with Crippen molar-refractivity contribution in [3.63, 3.8) is 0 Å². The predicted molar refractivity (Wildman–Crippen MR) is 121 cm³/mol. The summed E-state index contributed by atoms with van der Waals surface area (Å²) in [5, 5.41) is 9.07. The van der Waals surface area contributed by atoms with E-state index in [4.69, 9.17) is 11.0 Å². The Bertz CT molecular complexity index is 1160. The van der Waals surface area contributed by atoms with E-state index in [1.54, 1.807) is 29.5 Å². The fraction of sp³-hybridized carbons (Fsp3) is 0.238. The Morgan fingerprint density at radius 3 is 2.83 bits per heavy atom. The fourth-order valence-electron chi connectivity index (χ4n) is 3.87. The minimum atomic E-state index is -1.02. The number of benzene rings is 1. The molecule has 2 aromatic rings. The zero-order valence-corrected chi connectivity index (χ0v) is 18.7. The van der Waals surface area contributed by atoms with Crippen molar-refractivity contribution in [3.8, 4) is 6.07 Å². The molecule has 1 aliphatic carbocycles. The molecule has 0 radical (unpaired) electrons. The van der Waals surface area contributed by atoms with Gasteiger partial charge < -0.3 is 5.73 Å². The summed E-state index contributed by atoms with van der Waals surface area (Å²) in [4.78, 5) is 20.6. The quantitative estimate of drug-likeness (QED) is 0.457. The summed E-state index contributed by atoms with van der Waals surface area (Å²) < 4.78 is 28.8. The number of hydrogen-bond donors (Lipinski definition) is 1. The Morgan fingerprint density at radius 1 is 1.43 bits per heavy atom. The molecule has 5 nitrogen and oxygen atoms in total. The van der Waals surface area contributed by atoms with Crippen molar-refractivity contribution >= 4 is 55.2 Å². The van der Waals surface area contributed by atoms with Gasteiger partial charge in [0, 0.05) is 40.3 Å². The fourth-order valence-corrected chi connectivity index (χ4v) is 6.11. The molecule has 2 N–H and O–H groups in total. The van der Waals surface area contributed by atoms with Gasteiger partial charge in [-0.3, -0.25) is 14.8 Å². The Kier molecular flexibility index (Phi) is 5.18. The van der Waals surface area contributed by atoms with Gasteiger partial charge in [-0.2, -0.15) is 5.26 Å². The number of pyridine rings is 1. The lowest BCUT2D eigenvalue weighted by Gasteiger charge is -2.33. The molecule has 2 aliphatic rings. The van der Waals surface area contributed by atoms with Gasteiger partial charge in [0.05, 0.1) is 21.5 Å². The monoisotopic (exact) mass is 536 g/mol. The highest BCUT2D eigenvalue weighted by molar-refractivity contribution is 14.1. The molecule has 30 heavy (non-hydrogen) atoms. The number of halogens is 3. The van der Waals surface area contributed by atoms with Gasteiger partial charge in [0.1, 0.15) is 17.7 Å². The minimum absolute atomic E-state index is 0.0337. The second-order valence-electron chi connectivity index (χ2n) is 7.40. The number of nitriles is 1. The number of rotatable bonds is 4. The van der Waals surface area contributed by atoms with Gasteiger partial charge in [0.25, 0.3) is 0 Å². The number of aromatic nitrogens is 1. The number of aliphatic imine (C=N–C) groups is 1. The van der Waals surface area contributed by atoms with E-state index in [0.717, 1.165) is 0 Å². The van der Waals surface area contributed by atoms with Gasteiger partial charge in [-0.25, -0.2) is 8.78 Å². The van der Waals surface area contributed by atoms with Crippen molar-refractivity contribution in [2.45, 2.75) is 23.6 Å². The Morgan fingerprint density at radius 2 is 2.20 bits per heavy atom. The van der Waals surface area contributed by atoms with Crippen LogP contribution in [0.4, 0.5) is 8.78 Å². The number of amidine groups is 1. The Hall–Kier alpha value is -2.32. The second kappa shape index (κ2) is 7.42. The molecule has 1 aliphatic heterocycles. The van der Waals surface area contributed by atoms with Gasteiger partial charge in [-0.15, -0.1) is 0 Å². The lowest BCUT2D eigenvalue weighted by Crippen LogP contribution is -2.38. The molecular formula is C21H15F2IN4OS. The van der Waals surface area contributed by atoms with Gasteiger partial charge >= 0.3 is 0 Å². The molecule has 1 fully saturated rings. The van der Waals surface area contributed by atoms with Crippen LogP contribution in [0, 0.1) is 23.1 Å². The van der Waals surface area contributed by atoms with Gasteiger partial charge in [0.2, 0.25) is 3.79 Å². The first kappa shape index (κ1) is 20.9. The van der Waals surface area contributed by atoms with E-state index in [-0.39, 0.29) is 26.1 Å². The third-order valence-corrected chi connectivity index (χ3v) is 8.15. The zero-order valence-electron chi connectivity index (χ0n) is 15.7. The topological polar surface area (TPSA) is 92.1 Å². The van der Waals surface area contributed by atoms with Crippen LogP contribution in [0.25, 0.3) is 11.9 Å². The van der Waals surface area contributed by atoms with Crippen molar-refractivity contribution in [3.05, 3.63) is 64.7 Å². The third-order valence-electron chi connectivity index (χ3n) is 5.52. The number of carbonyl (C=O) groups is 1. The summed E-state index contributed by atoms with van der Waals surface area (Å²) in [7, 11) is 0. The van der Waals surface area contributed by atoms with Crippen molar-refractivity contribution in [2.75, 3.05) is 0 Å². The van der Waals surface area contributed by atoms with Crippen LogP contribution in [0.1, 0.15) is 35.7 Å². The van der Waals surface area contributed by atoms with Crippen molar-refractivity contribution in [1.29, 1.82) is 5.26 Å². The van der Waals surface area contributed by atoms with E-state index in [0.29, 0.717) is 17.5 Å². The highest BCUT2D eigenvalue weighted by atomic mass is 127. The summed E-state index contributed by atoms with van der Waals surface area (Å²) in [6, 6.07) is 9.05. The van der Waals surface area contributed by atoms with Crippen LogP contribution in [0.5, 0.6) is 0 Å². The summed E-state index contributed by atoms with van der Waals surface area (Å²) in [5.41, 5.74) is 6.06. The van der Waals surface area contributed by atoms with Gasteiger partial charge in [-0.1, -0.05) is 17.8 Å². The molecule has 4 rings (SSSR count). The molecule has 152 valence electrons. The summed E-state index contributed by atoms with van der Waals surface area (Å²) >= 11 is 2.99. The standard InChI is InChI=1S/C21H15F2IN4OS/c1-20(17-8-21(17,18(24)29)30-19(26)28-20)13-6-11(2-4-14(13)22)7-15(23)16-5-3-12(9-25)10-27-16/h2-7,10,17H,8H2,1H3,(H2,26,28)/b15-7+/t17-,20+,21-/m0/s1. The molecule has 0 saturated heterocycles. The molecule has 9 heteroatoms. The maximum Gasteiger partial charge on any atom is 0.209 e. The first-order valence-corrected chi connectivity index (χ1v) is 10.9. The summed E-state index contributed by atoms with van der Waals surface area (Å²) in [6.45, 7) is 1.76. The number of carbonyl (C=O) groups excluding carboxylic acids is 1. The van der Waals surface area contributed by atoms with Crippen LogP contribution in [0.15, 0.2) is 41.5 Å². The minimum Gasteiger partial charge on any atom is -0.378 e. The van der Waals surface area contributed by atoms with Crippen LogP contribution in [-0.2, 0) is 10.3 Å². The largest absolute Gasteiger partial charge is 0.378 e. The number of nitrogens with zero attached hydrogens (tertiary/aromatic N) is 3. The maximum absolute atomic E-state index is 14.8. The number of fused-ring (bicyclic) bond motifs is 1. The van der Waals surface area contributed by atoms with E-state index in [1.807, 2.05) is 6.07 Å². The Labute approximate surface area is 189 Å². The molecule has 1 aromatic heterocycles. The number of nitrogens with two attached hydrogens (primary N) is 1. The Balaban J connectivity index is 1.73. The third kappa shape index (κ3) is 3.41. The number of thioether (sulfide) groups is 1. The molecule has 1 aromatic carbocycles. The van der Waals surface area contributed by atoms with Crippen LogP contribution >= 0.6 is 34.4 Å². The van der Waals surface area contributed by atoms with Crippen molar-refractivity contribution in [1.82, 2.24) is 4.98 Å². The van der Waals surface area contributed by atoms with Crippen LogP contribution in [0.2, 0.25) is 0 Å². The first-order chi connectivity index (χ1) is 14.2. The van der Waals surface area contributed by atoms with Gasteiger partial charge in [0.15, 0.2) is 5.17 Å². The maximum atomic E-state index is 14.8. The summed E-state index contributed by atoms with van der Waals surface area (Å²) in [5.74, 6) is -1.30. The number of hydrogen-bond acceptors (Lipinski definition) is 6. The second-order valence-corrected chi connectivity index (χ2v) is 9.73. The average Bonchev–Trinajstić information content (AvgIpc) is 3.46. The molecule has 0 spiro atoms. The molecule has 0 bridgehead atoms. The summed E-state index contributed by atoms with van der Waals surface area (Å²) in [6.07, 6.45) is 3.09. The normalized spacial score (nSPS) is 27.6. The zero-order chi connectivity index (χ0) is 21.7. The first-order valence-electron chi connectivity index (χ1n) is 8.97. The van der Waals surface area contributed by atoms with Gasteiger partial charge in [-0.05, 0) is 49.2 Å². The van der Waals surface area contributed by atoms with E-state index in [2.05, 4.69) is 9.98 Å². The predicted octanol–water partition coefficient (Wildman–Crippen LogP) is 4.56. The molecule has 0 unspecified atom stereocenters. The van der Waals surface area contributed by atoms with E-state index in [9.17, 15) is 13.6 Å². The van der Waals surface area contributed by atoms with Crippen molar-refractivity contribution < 1.29 is 13.6 Å². The van der Waals surface area contributed by atoms with E-state index < -0.39 is 21.9 Å². The molecule has 2 heterocycles.